The monoisotopic (exact) mass is 865 g/mol. The molecule has 0 saturated carbocycles. The third-order valence-electron chi connectivity index (χ3n) is 13.5. The Morgan fingerprint density at radius 1 is 0.537 bits per heavy atom. The third-order valence-corrected chi connectivity index (χ3v) is 13.5. The Balaban J connectivity index is 0.957. The topological polar surface area (TPSA) is 53.7 Å². The van der Waals surface area contributed by atoms with Crippen LogP contribution in [0.1, 0.15) is 24.2 Å². The molecule has 13 rings (SSSR count). The number of nitrogens with zero attached hydrogens (tertiary/aromatic N) is 6. The van der Waals surface area contributed by atoms with E-state index in [2.05, 4.69) is 214 Å². The van der Waals surface area contributed by atoms with Crippen molar-refractivity contribution < 1.29 is 9.30 Å². The SMILES string of the molecule is Cc1cc(-n2c3ccccc3c3ccc(Oc4cccc(-n5c[n+](-c6c(-c7ccccc7)cccc6-c6ccccc6)c6cc7c(cc65)nc5n7CCCC5)c4)cc32)ncc1-c1ccccc1. The van der Waals surface area contributed by atoms with Crippen molar-refractivity contribution in [2.45, 2.75) is 32.7 Å². The van der Waals surface area contributed by atoms with Gasteiger partial charge in [0.1, 0.15) is 34.5 Å². The molecule has 1 aliphatic rings. The van der Waals surface area contributed by atoms with E-state index in [1.54, 1.807) is 0 Å². The summed E-state index contributed by atoms with van der Waals surface area (Å²) in [6.07, 6.45) is 7.57. The molecule has 0 fully saturated rings. The van der Waals surface area contributed by atoms with E-state index in [0.717, 1.165) is 114 Å². The number of pyridine rings is 1. The quantitative estimate of drug-likeness (QED) is 0.143. The van der Waals surface area contributed by atoms with Gasteiger partial charge in [0.15, 0.2) is 11.0 Å². The predicted molar refractivity (Wildman–Crippen MR) is 271 cm³/mol. The van der Waals surface area contributed by atoms with Gasteiger partial charge in [0.2, 0.25) is 0 Å². The van der Waals surface area contributed by atoms with Crippen LogP contribution >= 0.6 is 0 Å². The fourth-order valence-electron chi connectivity index (χ4n) is 10.4. The first-order chi connectivity index (χ1) is 33.1. The highest BCUT2D eigenvalue weighted by Crippen LogP contribution is 2.38. The maximum Gasteiger partial charge on any atom is 0.255 e. The minimum Gasteiger partial charge on any atom is -0.457 e. The van der Waals surface area contributed by atoms with Gasteiger partial charge in [-0.3, -0.25) is 4.57 Å². The Morgan fingerprint density at radius 2 is 1.21 bits per heavy atom. The Bertz CT molecular complexity index is 3790. The number of aromatic nitrogens is 6. The molecule has 320 valence electrons. The van der Waals surface area contributed by atoms with Crippen molar-refractivity contribution in [3.8, 4) is 62.1 Å². The smallest absolute Gasteiger partial charge is 0.255 e. The van der Waals surface area contributed by atoms with Crippen molar-refractivity contribution in [1.82, 2.24) is 23.7 Å². The van der Waals surface area contributed by atoms with E-state index in [1.165, 1.54) is 28.7 Å². The number of ether oxygens (including phenoxy) is 1. The van der Waals surface area contributed by atoms with Gasteiger partial charge >= 0.3 is 0 Å². The summed E-state index contributed by atoms with van der Waals surface area (Å²) in [4.78, 5) is 10.3. The van der Waals surface area contributed by atoms with Gasteiger partial charge in [0, 0.05) is 70.9 Å². The zero-order valence-electron chi connectivity index (χ0n) is 37.0. The average molecular weight is 866 g/mol. The molecule has 0 unspecified atom stereocenters. The zero-order chi connectivity index (χ0) is 44.4. The highest BCUT2D eigenvalue weighted by atomic mass is 16.5. The van der Waals surface area contributed by atoms with Gasteiger partial charge < -0.3 is 9.30 Å². The number of hydrogen-bond donors (Lipinski definition) is 0. The van der Waals surface area contributed by atoms with E-state index >= 15 is 0 Å². The molecule has 8 aromatic carbocycles. The van der Waals surface area contributed by atoms with Crippen molar-refractivity contribution >= 4 is 43.9 Å². The Labute approximate surface area is 388 Å². The minimum atomic E-state index is 0.738. The normalized spacial score (nSPS) is 12.6. The van der Waals surface area contributed by atoms with Crippen molar-refractivity contribution in [1.29, 1.82) is 0 Å². The summed E-state index contributed by atoms with van der Waals surface area (Å²) < 4.78 is 16.2. The van der Waals surface area contributed by atoms with Crippen molar-refractivity contribution in [2.75, 3.05) is 0 Å². The summed E-state index contributed by atoms with van der Waals surface area (Å²) >= 11 is 0. The largest absolute Gasteiger partial charge is 0.457 e. The maximum absolute atomic E-state index is 6.85. The lowest BCUT2D eigenvalue weighted by atomic mass is 9.95. The fourth-order valence-corrected chi connectivity index (χ4v) is 10.4. The highest BCUT2D eigenvalue weighted by Gasteiger charge is 2.28. The molecule has 0 bridgehead atoms. The minimum absolute atomic E-state index is 0.738. The number of hydrogen-bond acceptors (Lipinski definition) is 3. The van der Waals surface area contributed by atoms with E-state index in [0.29, 0.717) is 0 Å². The number of imidazole rings is 2. The number of rotatable bonds is 8. The van der Waals surface area contributed by atoms with Crippen LogP contribution in [0.2, 0.25) is 0 Å². The highest BCUT2D eigenvalue weighted by molar-refractivity contribution is 6.09. The molecule has 5 heterocycles. The van der Waals surface area contributed by atoms with E-state index in [1.807, 2.05) is 18.3 Å². The summed E-state index contributed by atoms with van der Waals surface area (Å²) in [5.41, 5.74) is 16.7. The van der Waals surface area contributed by atoms with Crippen LogP contribution in [-0.2, 0) is 13.0 Å². The lowest BCUT2D eigenvalue weighted by molar-refractivity contribution is -0.566. The van der Waals surface area contributed by atoms with Gasteiger partial charge in [-0.25, -0.2) is 9.97 Å². The Morgan fingerprint density at radius 3 is 1.96 bits per heavy atom. The second-order valence-corrected chi connectivity index (χ2v) is 17.6. The van der Waals surface area contributed by atoms with Gasteiger partial charge in [-0.1, -0.05) is 133 Å². The summed E-state index contributed by atoms with van der Waals surface area (Å²) in [6.45, 7) is 3.14. The predicted octanol–water partition coefficient (Wildman–Crippen LogP) is 14.2. The zero-order valence-corrected chi connectivity index (χ0v) is 37.0. The third kappa shape index (κ3) is 6.61. The molecular formula is C60H45N6O+. The average Bonchev–Trinajstić information content (AvgIpc) is 4.05. The molecule has 1 aliphatic heterocycles. The molecule has 0 N–H and O–H groups in total. The number of fused-ring (bicyclic) bond motifs is 7. The number of para-hydroxylation sites is 2. The second kappa shape index (κ2) is 15.9. The van der Waals surface area contributed by atoms with Crippen molar-refractivity contribution in [3.63, 3.8) is 0 Å². The second-order valence-electron chi connectivity index (χ2n) is 17.6. The van der Waals surface area contributed by atoms with Crippen LogP contribution in [-0.4, -0.2) is 23.7 Å². The first-order valence-electron chi connectivity index (χ1n) is 23.2. The van der Waals surface area contributed by atoms with Gasteiger partial charge in [-0.15, -0.1) is 0 Å². The molecule has 0 saturated heterocycles. The first kappa shape index (κ1) is 38.9. The van der Waals surface area contributed by atoms with Crippen LogP contribution in [0.15, 0.2) is 207 Å². The van der Waals surface area contributed by atoms with Gasteiger partial charge in [0.25, 0.3) is 6.33 Å². The van der Waals surface area contributed by atoms with E-state index in [-0.39, 0.29) is 0 Å². The summed E-state index contributed by atoms with van der Waals surface area (Å²) in [5.74, 6) is 3.52. The van der Waals surface area contributed by atoms with Gasteiger partial charge in [-0.05, 0) is 78.4 Å². The van der Waals surface area contributed by atoms with Crippen LogP contribution in [0, 0.1) is 6.92 Å². The molecule has 12 aromatic rings. The fraction of sp³-hybridized carbons (Fsp3) is 0.0833. The molecule has 0 radical (unpaired) electrons. The molecule has 7 heteroatoms. The first-order valence-corrected chi connectivity index (χ1v) is 23.2. The summed E-state index contributed by atoms with van der Waals surface area (Å²) in [6, 6.07) is 68.8. The number of aryl methyl sites for hydroxylation is 3. The molecule has 67 heavy (non-hydrogen) atoms. The van der Waals surface area contributed by atoms with Crippen LogP contribution in [0.25, 0.3) is 94.4 Å². The van der Waals surface area contributed by atoms with Crippen LogP contribution in [0.3, 0.4) is 0 Å². The molecular weight excluding hydrogens is 821 g/mol. The molecule has 0 spiro atoms. The van der Waals surface area contributed by atoms with E-state index in [4.69, 9.17) is 14.7 Å². The molecule has 4 aromatic heterocycles. The van der Waals surface area contributed by atoms with Gasteiger partial charge in [0.05, 0.1) is 22.1 Å². The molecule has 0 amide bonds. The van der Waals surface area contributed by atoms with Crippen molar-refractivity contribution in [3.05, 3.63) is 218 Å². The van der Waals surface area contributed by atoms with Crippen molar-refractivity contribution in [2.24, 2.45) is 0 Å². The van der Waals surface area contributed by atoms with Crippen LogP contribution in [0.4, 0.5) is 0 Å². The van der Waals surface area contributed by atoms with Gasteiger partial charge in [-0.2, -0.15) is 9.13 Å². The van der Waals surface area contributed by atoms with E-state index < -0.39 is 0 Å². The summed E-state index contributed by atoms with van der Waals surface area (Å²) in [5, 5.41) is 2.31. The Hall–Kier alpha value is -8.55. The van der Waals surface area contributed by atoms with Crippen LogP contribution in [0.5, 0.6) is 11.5 Å². The molecule has 7 nitrogen and oxygen atoms in total. The summed E-state index contributed by atoms with van der Waals surface area (Å²) in [7, 11) is 0. The Kier molecular flexibility index (Phi) is 9.20. The van der Waals surface area contributed by atoms with Crippen LogP contribution < -0.4 is 9.30 Å². The lowest BCUT2D eigenvalue weighted by Crippen LogP contribution is -2.31. The number of benzene rings is 8. The molecule has 0 atom stereocenters. The molecule has 0 aliphatic carbocycles. The standard InChI is InChI=1S/C60H45N6O/c1-40-33-59(61-38-51(40)43-21-9-4-10-22-43)66-53-28-12-11-25-49(53)50-31-30-46(35-54(50)66)67-45-24-15-23-44(34-45)64-39-65(57-37-55-52(36-56(57)64)62-58-29-13-14-32-63(55)58)60-47(41-17-5-2-6-18-41)26-16-27-48(60)42-19-7-3-8-20-42/h2-12,15-28,30-31,33-39H,13-14,29,32H2,1H3/q+1. The lowest BCUT2D eigenvalue weighted by Gasteiger charge is -2.14. The van der Waals surface area contributed by atoms with E-state index in [9.17, 15) is 0 Å². The maximum atomic E-state index is 6.85.